The molecule has 0 atom stereocenters. The lowest BCUT2D eigenvalue weighted by Gasteiger charge is -2.03. The van der Waals surface area contributed by atoms with Crippen LogP contribution in [0.15, 0.2) is 41.4 Å². The normalized spacial score (nSPS) is 10.1. The topological polar surface area (TPSA) is 42.9 Å². The summed E-state index contributed by atoms with van der Waals surface area (Å²) in [7, 11) is 0. The highest BCUT2D eigenvalue weighted by atomic mass is 79.9. The lowest BCUT2D eigenvalue weighted by atomic mass is 10.0. The van der Waals surface area contributed by atoms with Crippen molar-refractivity contribution in [3.63, 3.8) is 0 Å². The van der Waals surface area contributed by atoms with Crippen molar-refractivity contribution < 1.29 is 4.79 Å². The van der Waals surface area contributed by atoms with Crippen LogP contribution < -0.4 is 0 Å². The van der Waals surface area contributed by atoms with Gasteiger partial charge in [0.15, 0.2) is 5.78 Å². The van der Waals surface area contributed by atoms with E-state index in [1.165, 1.54) is 0 Å². The molecule has 3 nitrogen and oxygen atoms in total. The predicted octanol–water partition coefficient (Wildman–Crippen LogP) is 2.78. The molecule has 2 rings (SSSR count). The van der Waals surface area contributed by atoms with Crippen molar-refractivity contribution in [1.29, 1.82) is 0 Å². The zero-order valence-electron chi connectivity index (χ0n) is 8.64. The molecule has 80 valence electrons. The van der Waals surface area contributed by atoms with E-state index in [1.807, 2.05) is 13.0 Å². The fraction of sp³-hybridized carbons (Fsp3) is 0.0833. The van der Waals surface area contributed by atoms with Crippen LogP contribution in [0, 0.1) is 6.92 Å². The van der Waals surface area contributed by atoms with Gasteiger partial charge >= 0.3 is 0 Å². The van der Waals surface area contributed by atoms with E-state index in [1.54, 1.807) is 30.9 Å². The lowest BCUT2D eigenvalue weighted by molar-refractivity contribution is 0.103. The number of hydrogen-bond acceptors (Lipinski definition) is 3. The summed E-state index contributed by atoms with van der Waals surface area (Å²) in [6.45, 7) is 1.89. The molecule has 0 aromatic carbocycles. The zero-order valence-corrected chi connectivity index (χ0v) is 10.2. The first-order valence-electron chi connectivity index (χ1n) is 4.74. The van der Waals surface area contributed by atoms with Crippen LogP contribution in [0.3, 0.4) is 0 Å². The number of aromatic nitrogens is 2. The third-order valence-electron chi connectivity index (χ3n) is 2.25. The maximum atomic E-state index is 12.1. The van der Waals surface area contributed by atoms with Gasteiger partial charge in [0.1, 0.15) is 0 Å². The Balaban J connectivity index is 2.44. The summed E-state index contributed by atoms with van der Waals surface area (Å²) in [6.07, 6.45) is 6.45. The summed E-state index contributed by atoms with van der Waals surface area (Å²) in [5, 5.41) is 0. The summed E-state index contributed by atoms with van der Waals surface area (Å²) in [4.78, 5) is 20.1. The third-order valence-corrected chi connectivity index (χ3v) is 2.68. The molecule has 0 radical (unpaired) electrons. The van der Waals surface area contributed by atoms with E-state index in [0.29, 0.717) is 11.1 Å². The quantitative estimate of drug-likeness (QED) is 0.793. The number of rotatable bonds is 2. The molecule has 16 heavy (non-hydrogen) atoms. The monoisotopic (exact) mass is 276 g/mol. The Hall–Kier alpha value is -1.55. The number of aryl methyl sites for hydroxylation is 1. The molecule has 0 spiro atoms. The van der Waals surface area contributed by atoms with E-state index < -0.39 is 0 Å². The number of ketones is 1. The van der Waals surface area contributed by atoms with Gasteiger partial charge in [-0.05, 0) is 40.5 Å². The third kappa shape index (κ3) is 2.17. The Bertz CT molecular complexity index is 540. The fourth-order valence-electron chi connectivity index (χ4n) is 1.39. The van der Waals surface area contributed by atoms with E-state index in [9.17, 15) is 4.79 Å². The lowest BCUT2D eigenvalue weighted by Crippen LogP contribution is -2.04. The second-order valence-corrected chi connectivity index (χ2v) is 4.33. The summed E-state index contributed by atoms with van der Waals surface area (Å²) >= 11 is 3.29. The molecule has 4 heteroatoms. The molecule has 0 saturated carbocycles. The second kappa shape index (κ2) is 4.53. The first kappa shape index (κ1) is 11.0. The van der Waals surface area contributed by atoms with Gasteiger partial charge in [-0.1, -0.05) is 0 Å². The summed E-state index contributed by atoms with van der Waals surface area (Å²) in [5.74, 6) is -0.0561. The van der Waals surface area contributed by atoms with Crippen LogP contribution in [0.2, 0.25) is 0 Å². The largest absolute Gasteiger partial charge is 0.288 e. The van der Waals surface area contributed by atoms with Crippen LogP contribution in [-0.4, -0.2) is 15.8 Å². The second-order valence-electron chi connectivity index (χ2n) is 3.41. The molecule has 0 unspecified atom stereocenters. The summed E-state index contributed by atoms with van der Waals surface area (Å²) < 4.78 is 0.792. The van der Waals surface area contributed by atoms with Gasteiger partial charge in [-0.25, -0.2) is 0 Å². The van der Waals surface area contributed by atoms with Gasteiger partial charge < -0.3 is 0 Å². The van der Waals surface area contributed by atoms with Crippen LogP contribution in [0.4, 0.5) is 0 Å². The Labute approximate surface area is 102 Å². The standard InChI is InChI=1S/C12H9BrN2O/c1-8-2-3-14-7-11(8)12(16)9-4-10(13)6-15-5-9/h2-7H,1H3. The van der Waals surface area contributed by atoms with Crippen molar-refractivity contribution in [1.82, 2.24) is 9.97 Å². The van der Waals surface area contributed by atoms with Crippen molar-refractivity contribution in [3.05, 3.63) is 58.1 Å². The summed E-state index contributed by atoms with van der Waals surface area (Å²) in [5.41, 5.74) is 2.09. The Morgan fingerprint density at radius 1 is 1.25 bits per heavy atom. The molecule has 2 aromatic heterocycles. The van der Waals surface area contributed by atoms with E-state index in [4.69, 9.17) is 0 Å². The average Bonchev–Trinajstić information content (AvgIpc) is 2.29. The number of carbonyl (C=O) groups excluding carboxylic acids is 1. The maximum Gasteiger partial charge on any atom is 0.196 e. The molecule has 0 fully saturated rings. The molecule has 2 aromatic rings. The Morgan fingerprint density at radius 2 is 2.06 bits per heavy atom. The van der Waals surface area contributed by atoms with E-state index in [2.05, 4.69) is 25.9 Å². The van der Waals surface area contributed by atoms with Gasteiger partial charge in [-0.3, -0.25) is 14.8 Å². The number of pyridine rings is 2. The number of halogens is 1. The van der Waals surface area contributed by atoms with Gasteiger partial charge in [0.2, 0.25) is 0 Å². The maximum absolute atomic E-state index is 12.1. The first-order chi connectivity index (χ1) is 7.68. The van der Waals surface area contributed by atoms with E-state index in [-0.39, 0.29) is 5.78 Å². The van der Waals surface area contributed by atoms with Gasteiger partial charge in [0.05, 0.1) is 0 Å². The Morgan fingerprint density at radius 3 is 2.75 bits per heavy atom. The predicted molar refractivity (Wildman–Crippen MR) is 64.3 cm³/mol. The van der Waals surface area contributed by atoms with Crippen molar-refractivity contribution in [2.24, 2.45) is 0 Å². The van der Waals surface area contributed by atoms with Crippen molar-refractivity contribution in [3.8, 4) is 0 Å². The van der Waals surface area contributed by atoms with Crippen molar-refractivity contribution >= 4 is 21.7 Å². The van der Waals surface area contributed by atoms with Crippen LogP contribution in [0.5, 0.6) is 0 Å². The molecule has 0 bridgehead atoms. The van der Waals surface area contributed by atoms with E-state index in [0.717, 1.165) is 10.0 Å². The molecule has 0 saturated heterocycles. The highest BCUT2D eigenvalue weighted by Crippen LogP contribution is 2.15. The van der Waals surface area contributed by atoms with Gasteiger partial charge in [0, 0.05) is 40.4 Å². The van der Waals surface area contributed by atoms with Crippen LogP contribution in [0.25, 0.3) is 0 Å². The minimum absolute atomic E-state index is 0.0561. The van der Waals surface area contributed by atoms with Crippen molar-refractivity contribution in [2.75, 3.05) is 0 Å². The first-order valence-corrected chi connectivity index (χ1v) is 5.53. The smallest absolute Gasteiger partial charge is 0.196 e. The van der Waals surface area contributed by atoms with E-state index >= 15 is 0 Å². The fourth-order valence-corrected chi connectivity index (χ4v) is 1.76. The minimum Gasteiger partial charge on any atom is -0.288 e. The van der Waals surface area contributed by atoms with Crippen LogP contribution in [0.1, 0.15) is 21.5 Å². The van der Waals surface area contributed by atoms with Gasteiger partial charge in [0.25, 0.3) is 0 Å². The molecule has 0 aliphatic rings. The molecular weight excluding hydrogens is 268 g/mol. The number of carbonyl (C=O) groups is 1. The number of hydrogen-bond donors (Lipinski definition) is 0. The summed E-state index contributed by atoms with van der Waals surface area (Å²) in [6, 6.07) is 3.57. The highest BCUT2D eigenvalue weighted by Gasteiger charge is 2.12. The molecule has 0 aliphatic heterocycles. The minimum atomic E-state index is -0.0561. The Kier molecular flexibility index (Phi) is 3.10. The number of nitrogens with zero attached hydrogens (tertiary/aromatic N) is 2. The van der Waals surface area contributed by atoms with Crippen LogP contribution in [-0.2, 0) is 0 Å². The SMILES string of the molecule is Cc1ccncc1C(=O)c1cncc(Br)c1. The zero-order chi connectivity index (χ0) is 11.5. The molecule has 0 aliphatic carbocycles. The van der Waals surface area contributed by atoms with Crippen LogP contribution >= 0.6 is 15.9 Å². The van der Waals surface area contributed by atoms with Gasteiger partial charge in [-0.15, -0.1) is 0 Å². The highest BCUT2D eigenvalue weighted by molar-refractivity contribution is 9.10. The van der Waals surface area contributed by atoms with Gasteiger partial charge in [-0.2, -0.15) is 0 Å². The molecule has 2 heterocycles. The molecule has 0 N–H and O–H groups in total. The molecular formula is C12H9BrN2O. The molecule has 0 amide bonds. The van der Waals surface area contributed by atoms with Crippen molar-refractivity contribution in [2.45, 2.75) is 6.92 Å². The average molecular weight is 277 g/mol.